The molecule has 2 aromatic heterocycles. The van der Waals surface area contributed by atoms with E-state index in [1.165, 1.54) is 11.3 Å². The zero-order chi connectivity index (χ0) is 8.55. The number of hydrogen-bond acceptors (Lipinski definition) is 6. The van der Waals surface area contributed by atoms with Crippen molar-refractivity contribution in [3.8, 4) is 10.7 Å². The van der Waals surface area contributed by atoms with E-state index in [4.69, 9.17) is 5.73 Å². The van der Waals surface area contributed by atoms with Crippen LogP contribution in [0.3, 0.4) is 0 Å². The molecule has 0 aromatic carbocycles. The van der Waals surface area contributed by atoms with Crippen LogP contribution < -0.4 is 5.73 Å². The Hall–Kier alpha value is -1.01. The fourth-order valence-corrected chi connectivity index (χ4v) is 2.04. The van der Waals surface area contributed by atoms with Gasteiger partial charge in [0.15, 0.2) is 5.01 Å². The summed E-state index contributed by atoms with van der Waals surface area (Å²) in [4.78, 5) is 4.27. The lowest BCUT2D eigenvalue weighted by atomic mass is 10.5. The van der Waals surface area contributed by atoms with Crippen LogP contribution in [-0.2, 0) is 0 Å². The molecule has 2 N–H and O–H groups in total. The second-order valence-corrected chi connectivity index (χ2v) is 4.27. The number of hydrogen-bond donors (Lipinski definition) is 1. The highest BCUT2D eigenvalue weighted by Crippen LogP contribution is 2.25. The minimum absolute atomic E-state index is 0.482. The van der Waals surface area contributed by atoms with E-state index in [1.54, 1.807) is 11.3 Å². The SMILES string of the molecule is Cc1nc(-c2nnc(N)s2)cs1. The van der Waals surface area contributed by atoms with Crippen molar-refractivity contribution in [1.29, 1.82) is 0 Å². The first-order chi connectivity index (χ1) is 5.75. The first-order valence-electron chi connectivity index (χ1n) is 3.27. The fourth-order valence-electron chi connectivity index (χ4n) is 0.800. The molecule has 0 fully saturated rings. The highest BCUT2D eigenvalue weighted by molar-refractivity contribution is 7.18. The molecule has 0 aliphatic rings. The van der Waals surface area contributed by atoms with Crippen molar-refractivity contribution in [3.05, 3.63) is 10.4 Å². The number of aromatic nitrogens is 3. The van der Waals surface area contributed by atoms with Gasteiger partial charge in [0.05, 0.1) is 5.01 Å². The van der Waals surface area contributed by atoms with Crippen molar-refractivity contribution in [2.75, 3.05) is 5.73 Å². The van der Waals surface area contributed by atoms with Crippen molar-refractivity contribution >= 4 is 27.8 Å². The van der Waals surface area contributed by atoms with Crippen molar-refractivity contribution in [2.45, 2.75) is 6.92 Å². The molecule has 0 unspecified atom stereocenters. The molecule has 6 heteroatoms. The van der Waals surface area contributed by atoms with Crippen LogP contribution in [0.15, 0.2) is 5.38 Å². The lowest BCUT2D eigenvalue weighted by Gasteiger charge is -1.82. The molecule has 62 valence electrons. The highest BCUT2D eigenvalue weighted by atomic mass is 32.1. The minimum atomic E-state index is 0.482. The third-order valence-electron chi connectivity index (χ3n) is 1.28. The van der Waals surface area contributed by atoms with E-state index in [2.05, 4.69) is 15.2 Å². The number of nitrogens with two attached hydrogens (primary N) is 1. The van der Waals surface area contributed by atoms with E-state index in [-0.39, 0.29) is 0 Å². The number of anilines is 1. The molecule has 0 saturated carbocycles. The summed E-state index contributed by atoms with van der Waals surface area (Å²) in [5.41, 5.74) is 6.31. The molecular weight excluding hydrogens is 192 g/mol. The molecule has 2 heterocycles. The quantitative estimate of drug-likeness (QED) is 0.755. The maximum absolute atomic E-state index is 5.44. The van der Waals surface area contributed by atoms with Crippen LogP contribution in [0, 0.1) is 6.92 Å². The van der Waals surface area contributed by atoms with Crippen molar-refractivity contribution in [2.24, 2.45) is 0 Å². The molecule has 0 aliphatic carbocycles. The first kappa shape index (κ1) is 7.63. The second kappa shape index (κ2) is 2.80. The zero-order valence-corrected chi connectivity index (χ0v) is 7.95. The van der Waals surface area contributed by atoms with Gasteiger partial charge in [0.2, 0.25) is 5.13 Å². The molecule has 0 amide bonds. The highest BCUT2D eigenvalue weighted by Gasteiger charge is 2.06. The smallest absolute Gasteiger partial charge is 0.203 e. The third-order valence-corrected chi connectivity index (χ3v) is 2.83. The van der Waals surface area contributed by atoms with Gasteiger partial charge in [-0.1, -0.05) is 11.3 Å². The van der Waals surface area contributed by atoms with E-state index in [0.29, 0.717) is 5.13 Å². The normalized spacial score (nSPS) is 10.4. The van der Waals surface area contributed by atoms with Crippen molar-refractivity contribution in [1.82, 2.24) is 15.2 Å². The topological polar surface area (TPSA) is 64.7 Å². The molecule has 0 bridgehead atoms. The van der Waals surface area contributed by atoms with Gasteiger partial charge >= 0.3 is 0 Å². The molecule has 12 heavy (non-hydrogen) atoms. The van der Waals surface area contributed by atoms with Crippen molar-refractivity contribution < 1.29 is 0 Å². The van der Waals surface area contributed by atoms with Crippen LogP contribution in [0.5, 0.6) is 0 Å². The lowest BCUT2D eigenvalue weighted by Crippen LogP contribution is -1.80. The van der Waals surface area contributed by atoms with Gasteiger partial charge < -0.3 is 5.73 Å². The van der Waals surface area contributed by atoms with Crippen LogP contribution in [0.1, 0.15) is 5.01 Å². The summed E-state index contributed by atoms with van der Waals surface area (Å²) in [5, 5.41) is 11.9. The molecule has 4 nitrogen and oxygen atoms in total. The molecule has 0 aliphatic heterocycles. The van der Waals surface area contributed by atoms with Gasteiger partial charge in [-0.15, -0.1) is 21.5 Å². The average molecular weight is 198 g/mol. The third kappa shape index (κ3) is 1.30. The first-order valence-corrected chi connectivity index (χ1v) is 4.97. The average Bonchev–Trinajstić information content (AvgIpc) is 2.58. The summed E-state index contributed by atoms with van der Waals surface area (Å²) in [7, 11) is 0. The fraction of sp³-hybridized carbons (Fsp3) is 0.167. The minimum Gasteiger partial charge on any atom is -0.374 e. The van der Waals surface area contributed by atoms with Crippen LogP contribution in [0.4, 0.5) is 5.13 Å². The number of aryl methyl sites for hydroxylation is 1. The Morgan fingerprint density at radius 1 is 1.42 bits per heavy atom. The number of nitrogen functional groups attached to an aromatic ring is 1. The van der Waals surface area contributed by atoms with E-state index < -0.39 is 0 Å². The van der Waals surface area contributed by atoms with Gasteiger partial charge in [-0.2, -0.15) is 0 Å². The van der Waals surface area contributed by atoms with Crippen LogP contribution in [0.2, 0.25) is 0 Å². The predicted octanol–water partition coefficient (Wildman–Crippen LogP) is 1.55. The lowest BCUT2D eigenvalue weighted by molar-refractivity contribution is 1.09. The number of nitrogens with zero attached hydrogens (tertiary/aromatic N) is 3. The van der Waals surface area contributed by atoms with E-state index in [0.717, 1.165) is 15.7 Å². The Bertz CT molecular complexity index is 353. The Kier molecular flexibility index (Phi) is 1.78. The summed E-state index contributed by atoms with van der Waals surface area (Å²) < 4.78 is 0. The van der Waals surface area contributed by atoms with E-state index in [1.807, 2.05) is 12.3 Å². The maximum Gasteiger partial charge on any atom is 0.203 e. The molecule has 0 radical (unpaired) electrons. The second-order valence-electron chi connectivity index (χ2n) is 2.20. The van der Waals surface area contributed by atoms with Gasteiger partial charge in [-0.25, -0.2) is 4.98 Å². The van der Waals surface area contributed by atoms with Gasteiger partial charge in [-0.3, -0.25) is 0 Å². The largest absolute Gasteiger partial charge is 0.374 e. The Balaban J connectivity index is 2.43. The standard InChI is InChI=1S/C6H6N4S2/c1-3-8-4(2-11-3)5-9-10-6(7)12-5/h2H,1H3,(H2,7,10). The number of rotatable bonds is 1. The monoisotopic (exact) mass is 198 g/mol. The summed E-state index contributed by atoms with van der Waals surface area (Å²) in [6, 6.07) is 0. The summed E-state index contributed by atoms with van der Waals surface area (Å²) >= 11 is 2.95. The van der Waals surface area contributed by atoms with Crippen LogP contribution in [0.25, 0.3) is 10.7 Å². The molecule has 2 aromatic rings. The molecular formula is C6H6N4S2. The Morgan fingerprint density at radius 2 is 2.25 bits per heavy atom. The van der Waals surface area contributed by atoms with Crippen LogP contribution >= 0.6 is 22.7 Å². The van der Waals surface area contributed by atoms with E-state index in [9.17, 15) is 0 Å². The Labute approximate surface area is 77.1 Å². The van der Waals surface area contributed by atoms with Crippen LogP contribution in [-0.4, -0.2) is 15.2 Å². The zero-order valence-electron chi connectivity index (χ0n) is 6.31. The molecule has 0 saturated heterocycles. The molecule has 0 atom stereocenters. The summed E-state index contributed by atoms with van der Waals surface area (Å²) in [5.74, 6) is 0. The van der Waals surface area contributed by atoms with Gasteiger partial charge in [0.1, 0.15) is 5.69 Å². The summed E-state index contributed by atoms with van der Waals surface area (Å²) in [6.45, 7) is 1.96. The van der Waals surface area contributed by atoms with Gasteiger partial charge in [0, 0.05) is 5.38 Å². The summed E-state index contributed by atoms with van der Waals surface area (Å²) in [6.07, 6.45) is 0. The predicted molar refractivity (Wildman–Crippen MR) is 50.2 cm³/mol. The Morgan fingerprint density at radius 3 is 2.75 bits per heavy atom. The van der Waals surface area contributed by atoms with Gasteiger partial charge in [-0.05, 0) is 6.92 Å². The molecule has 2 rings (SSSR count). The van der Waals surface area contributed by atoms with Gasteiger partial charge in [0.25, 0.3) is 0 Å². The van der Waals surface area contributed by atoms with E-state index >= 15 is 0 Å². The maximum atomic E-state index is 5.44. The molecule has 0 spiro atoms. The van der Waals surface area contributed by atoms with Crippen molar-refractivity contribution in [3.63, 3.8) is 0 Å². The number of thiazole rings is 1.